The molecule has 0 atom stereocenters. The Morgan fingerprint density at radius 1 is 0.361 bits per heavy atom. The second kappa shape index (κ2) is 34.0. The van der Waals surface area contributed by atoms with E-state index in [1.807, 2.05) is 40.1 Å². The van der Waals surface area contributed by atoms with Crippen LogP contribution in [0.3, 0.4) is 0 Å². The van der Waals surface area contributed by atoms with E-state index < -0.39 is 0 Å². The van der Waals surface area contributed by atoms with Gasteiger partial charge in [-0.15, -0.1) is 31.7 Å². The Balaban J connectivity index is -0.000000151. The van der Waals surface area contributed by atoms with Crippen molar-refractivity contribution in [1.29, 1.82) is 0 Å². The zero-order valence-corrected chi connectivity index (χ0v) is 38.7. The molecule has 0 fully saturated rings. The minimum absolute atomic E-state index is 0. The van der Waals surface area contributed by atoms with Crippen LogP contribution in [0.1, 0.15) is 282 Å². The zero-order valence-electron chi connectivity index (χ0n) is 37.8. The van der Waals surface area contributed by atoms with Gasteiger partial charge in [0.2, 0.25) is 11.8 Å². The van der Waals surface area contributed by atoms with Gasteiger partial charge in [0, 0.05) is 65.2 Å². The van der Waals surface area contributed by atoms with Crippen molar-refractivity contribution in [2.45, 2.75) is 237 Å². The monoisotopic (exact) mass is 879 g/mol. The van der Waals surface area contributed by atoms with Crippen LogP contribution in [0.2, 0.25) is 0 Å². The first kappa shape index (κ1) is 69.2. The number of hydrogen-bond acceptors (Lipinski definition) is 12. The minimum atomic E-state index is 0. The third-order valence-electron chi connectivity index (χ3n) is 8.10. The van der Waals surface area contributed by atoms with Gasteiger partial charge < -0.3 is 13.3 Å². The molecule has 61 heavy (non-hydrogen) atoms. The lowest BCUT2D eigenvalue weighted by Crippen LogP contribution is -2.12. The van der Waals surface area contributed by atoms with Gasteiger partial charge in [-0.25, -0.2) is 9.97 Å². The largest absolute Gasteiger partial charge is 0.445 e. The highest BCUT2D eigenvalue weighted by molar-refractivity contribution is 7.11. The van der Waals surface area contributed by atoms with Gasteiger partial charge in [-0.1, -0.05) is 183 Å². The Kier molecular flexibility index (Phi) is 38.6. The van der Waals surface area contributed by atoms with E-state index in [0.29, 0.717) is 59.2 Å². The average molecular weight is 879 g/mol. The summed E-state index contributed by atoms with van der Waals surface area (Å²) in [5.74, 6) is 9.55. The van der Waals surface area contributed by atoms with Crippen LogP contribution in [0.4, 0.5) is 0 Å². The van der Waals surface area contributed by atoms with E-state index in [-0.39, 0.29) is 44.6 Å². The molecule has 358 valence electrons. The summed E-state index contributed by atoms with van der Waals surface area (Å²) in [7, 11) is 0. The lowest BCUT2D eigenvalue weighted by atomic mass is 9.98. The van der Waals surface area contributed by atoms with Gasteiger partial charge in [0.15, 0.2) is 11.8 Å². The standard InChI is InChI=1S/C9H16N2.2C9H15NO.C8H14N2O.C8H14N2S.6CH4/c1-6(2)8-5-9(7(3)4)11-10-8;2*1-6(2)8-5-10-9(11-8)7(3)4;2*1-5(2)7-9-10-8(11-7)6(3)4;;;;;;/h6-7H,5H2,1-4H3;2*5-7H,1-4H3;2*5-6H,1-4H3;6*1H4. The predicted octanol–water partition coefficient (Wildman–Crippen LogP) is 17.3. The summed E-state index contributed by atoms with van der Waals surface area (Å²) in [5, 5.41) is 26.6. The van der Waals surface area contributed by atoms with E-state index in [2.05, 4.69) is 151 Å². The van der Waals surface area contributed by atoms with Crippen molar-refractivity contribution in [3.8, 4) is 0 Å². The van der Waals surface area contributed by atoms with Crippen molar-refractivity contribution in [3.63, 3.8) is 0 Å². The first-order valence-electron chi connectivity index (χ1n) is 20.3. The molecule has 4 aromatic heterocycles. The van der Waals surface area contributed by atoms with Crippen LogP contribution < -0.4 is 0 Å². The molecule has 0 unspecified atom stereocenters. The lowest BCUT2D eigenvalue weighted by Gasteiger charge is -2.05. The van der Waals surface area contributed by atoms with E-state index >= 15 is 0 Å². The molecule has 0 N–H and O–H groups in total. The van der Waals surface area contributed by atoms with Crippen LogP contribution in [-0.4, -0.2) is 41.8 Å². The van der Waals surface area contributed by atoms with Crippen molar-refractivity contribution in [1.82, 2.24) is 30.4 Å². The Morgan fingerprint density at radius 3 is 0.803 bits per heavy atom. The Bertz CT molecular complexity index is 1370. The summed E-state index contributed by atoms with van der Waals surface area (Å²) in [6.07, 6.45) is 4.63. The SMILES string of the molecule is C.C.C.C.C.C.CC(C)C1=NN=C(C(C)C)C1.CC(C)c1cnc(C(C)C)o1.CC(C)c1cnc(C(C)C)o1.CC(C)c1nnc(C(C)C)o1.CC(C)c1nnc(C(C)C)s1. The molecule has 4 aromatic rings. The van der Waals surface area contributed by atoms with Gasteiger partial charge in [0.1, 0.15) is 21.5 Å². The number of hydrogen-bond donors (Lipinski definition) is 0. The van der Waals surface area contributed by atoms with E-state index in [1.54, 1.807) is 11.3 Å². The first-order valence-corrected chi connectivity index (χ1v) is 21.1. The molecule has 0 radical (unpaired) electrons. The molecule has 0 aliphatic carbocycles. The van der Waals surface area contributed by atoms with E-state index in [4.69, 9.17) is 13.3 Å². The maximum Gasteiger partial charge on any atom is 0.219 e. The summed E-state index contributed by atoms with van der Waals surface area (Å²) >= 11 is 1.73. The smallest absolute Gasteiger partial charge is 0.219 e. The van der Waals surface area contributed by atoms with Crippen molar-refractivity contribution < 1.29 is 13.3 Å². The van der Waals surface area contributed by atoms with Gasteiger partial charge in [0.05, 0.1) is 12.4 Å². The highest BCUT2D eigenvalue weighted by Gasteiger charge is 2.17. The molecule has 0 saturated heterocycles. The molecule has 0 amide bonds. The van der Waals surface area contributed by atoms with Crippen LogP contribution in [-0.2, 0) is 0 Å². The molecule has 0 aromatic carbocycles. The molecule has 0 saturated carbocycles. The molecule has 5 rings (SSSR count). The van der Waals surface area contributed by atoms with Crippen LogP contribution in [0, 0.1) is 11.8 Å². The van der Waals surface area contributed by atoms with Crippen LogP contribution in [0.25, 0.3) is 0 Å². The van der Waals surface area contributed by atoms with Crippen LogP contribution in [0.5, 0.6) is 0 Å². The maximum absolute atomic E-state index is 5.50. The van der Waals surface area contributed by atoms with Crippen LogP contribution in [0.15, 0.2) is 35.8 Å². The van der Waals surface area contributed by atoms with Gasteiger partial charge in [-0.3, -0.25) is 0 Å². The quantitative estimate of drug-likeness (QED) is 0.152. The number of aromatic nitrogens is 6. The fourth-order valence-corrected chi connectivity index (χ4v) is 4.97. The van der Waals surface area contributed by atoms with Crippen molar-refractivity contribution in [2.24, 2.45) is 22.0 Å². The second-order valence-electron chi connectivity index (χ2n) is 17.1. The topological polar surface area (TPSA) is 141 Å². The Morgan fingerprint density at radius 2 is 0.656 bits per heavy atom. The van der Waals surface area contributed by atoms with Crippen LogP contribution >= 0.6 is 11.3 Å². The summed E-state index contributed by atoms with van der Waals surface area (Å²) in [4.78, 5) is 8.34. The molecule has 0 bridgehead atoms. The summed E-state index contributed by atoms with van der Waals surface area (Å²) in [6, 6.07) is 0. The van der Waals surface area contributed by atoms with E-state index in [1.165, 1.54) is 11.4 Å². The van der Waals surface area contributed by atoms with E-state index in [9.17, 15) is 0 Å². The zero-order chi connectivity index (χ0) is 42.2. The fraction of sp³-hybridized carbons (Fsp3) is 0.755. The van der Waals surface area contributed by atoms with Crippen molar-refractivity contribution >= 4 is 22.8 Å². The van der Waals surface area contributed by atoms with Gasteiger partial charge in [-0.05, 0) is 11.8 Å². The summed E-state index contributed by atoms with van der Waals surface area (Å²) in [6.45, 7) is 42.1. The van der Waals surface area contributed by atoms with Gasteiger partial charge in [0.25, 0.3) is 0 Å². The maximum atomic E-state index is 5.50. The molecule has 1 aliphatic heterocycles. The fourth-order valence-electron chi connectivity index (χ4n) is 4.12. The van der Waals surface area contributed by atoms with Crippen molar-refractivity contribution in [3.05, 3.63) is 57.5 Å². The minimum Gasteiger partial charge on any atom is -0.445 e. The predicted molar refractivity (Wildman–Crippen MR) is 269 cm³/mol. The number of oxazole rings is 2. The van der Waals surface area contributed by atoms with Gasteiger partial charge >= 0.3 is 0 Å². The molecule has 1 aliphatic rings. The number of nitrogens with zero attached hydrogens (tertiary/aromatic N) is 8. The summed E-state index contributed by atoms with van der Waals surface area (Å²) < 4.78 is 16.4. The lowest BCUT2D eigenvalue weighted by molar-refractivity contribution is 0.417. The first-order chi connectivity index (χ1) is 25.5. The summed E-state index contributed by atoms with van der Waals surface area (Å²) in [5.41, 5.74) is 2.46. The highest BCUT2D eigenvalue weighted by atomic mass is 32.1. The van der Waals surface area contributed by atoms with E-state index in [0.717, 1.165) is 51.5 Å². The third kappa shape index (κ3) is 25.2. The van der Waals surface area contributed by atoms with Crippen molar-refractivity contribution in [2.75, 3.05) is 0 Å². The Hall–Kier alpha value is -3.54. The Labute approximate surface area is 381 Å². The van der Waals surface area contributed by atoms with Gasteiger partial charge in [-0.2, -0.15) is 10.2 Å². The average Bonchev–Trinajstić information content (AvgIpc) is 3.95. The molecule has 5 heterocycles. The highest BCUT2D eigenvalue weighted by Crippen LogP contribution is 2.24. The molecule has 0 spiro atoms. The molecular formula is C49H98N8O3S. The number of rotatable bonds is 10. The third-order valence-corrected chi connectivity index (χ3v) is 9.62. The molecular weight excluding hydrogens is 781 g/mol. The second-order valence-corrected chi connectivity index (χ2v) is 18.1. The molecule has 12 heteroatoms. The normalized spacial score (nSPS) is 11.4. The molecule has 11 nitrogen and oxygen atoms in total.